The molecule has 3 aromatic rings. The third-order valence-electron chi connectivity index (χ3n) is 4.71. The smallest absolute Gasteiger partial charge is 0.327 e. The number of pyridine rings is 1. The maximum atomic E-state index is 13.7. The molecular formula is C26H28N2O5S. The number of carbonyl (C=O) groups excluding carboxylic acids is 1. The Labute approximate surface area is 200 Å². The summed E-state index contributed by atoms with van der Waals surface area (Å²) in [6, 6.07) is 16.7. The molecule has 0 bridgehead atoms. The first-order valence-electron chi connectivity index (χ1n) is 10.7. The standard InChI is InChI=1S/C26H28N2O5S/c1-26(2,3)33-25(29)19-28(34(30,31)23-13-11-22(32-4)12-14-23)24-8-6-5-7-21(24)10-9-20-15-17-27-18-16-20/h5-18H,19H2,1-4H3/b10-9+. The first-order chi connectivity index (χ1) is 16.1. The number of aromatic nitrogens is 1. The minimum Gasteiger partial charge on any atom is -0.497 e. The number of carbonyl (C=O) groups is 1. The molecule has 0 unspecified atom stereocenters. The number of hydrogen-bond donors (Lipinski definition) is 0. The van der Waals surface area contributed by atoms with Crippen LogP contribution in [0, 0.1) is 0 Å². The number of para-hydroxylation sites is 1. The van der Waals surface area contributed by atoms with Gasteiger partial charge in [-0.05, 0) is 74.4 Å². The lowest BCUT2D eigenvalue weighted by Crippen LogP contribution is -2.39. The first-order valence-corrected chi connectivity index (χ1v) is 12.1. The molecule has 8 heteroatoms. The topological polar surface area (TPSA) is 85.8 Å². The van der Waals surface area contributed by atoms with Gasteiger partial charge in [-0.2, -0.15) is 0 Å². The monoisotopic (exact) mass is 480 g/mol. The van der Waals surface area contributed by atoms with Crippen molar-refractivity contribution in [2.75, 3.05) is 18.0 Å². The van der Waals surface area contributed by atoms with Gasteiger partial charge < -0.3 is 9.47 Å². The van der Waals surface area contributed by atoms with Gasteiger partial charge in [0.05, 0.1) is 17.7 Å². The van der Waals surface area contributed by atoms with E-state index < -0.39 is 28.1 Å². The third kappa shape index (κ3) is 6.45. The van der Waals surface area contributed by atoms with Crippen LogP contribution in [0.1, 0.15) is 31.9 Å². The number of anilines is 1. The summed E-state index contributed by atoms with van der Waals surface area (Å²) in [7, 11) is -2.60. The normalized spacial score (nSPS) is 11.9. The summed E-state index contributed by atoms with van der Waals surface area (Å²) in [5.41, 5.74) is 1.13. The van der Waals surface area contributed by atoms with Gasteiger partial charge in [0.15, 0.2) is 0 Å². The lowest BCUT2D eigenvalue weighted by molar-refractivity contribution is -0.152. The van der Waals surface area contributed by atoms with Gasteiger partial charge in [0.1, 0.15) is 17.9 Å². The second-order valence-corrected chi connectivity index (χ2v) is 10.3. The van der Waals surface area contributed by atoms with Crippen molar-refractivity contribution in [3.05, 3.63) is 84.2 Å². The molecule has 0 spiro atoms. The summed E-state index contributed by atoms with van der Waals surface area (Å²) < 4.78 is 39.1. The molecule has 0 atom stereocenters. The Morgan fingerprint density at radius 2 is 1.62 bits per heavy atom. The summed E-state index contributed by atoms with van der Waals surface area (Å²) in [4.78, 5) is 16.8. The fraction of sp³-hybridized carbons (Fsp3) is 0.231. The molecule has 34 heavy (non-hydrogen) atoms. The number of hydrogen-bond acceptors (Lipinski definition) is 6. The Kier molecular flexibility index (Phi) is 7.73. The molecular weight excluding hydrogens is 452 g/mol. The van der Waals surface area contributed by atoms with Crippen LogP contribution in [0.4, 0.5) is 5.69 Å². The fourth-order valence-electron chi connectivity index (χ4n) is 3.18. The van der Waals surface area contributed by atoms with Gasteiger partial charge in [0.25, 0.3) is 10.0 Å². The van der Waals surface area contributed by atoms with Crippen LogP contribution in [0.5, 0.6) is 5.75 Å². The Balaban J connectivity index is 2.07. The number of sulfonamides is 1. The third-order valence-corrected chi connectivity index (χ3v) is 6.48. The van der Waals surface area contributed by atoms with Gasteiger partial charge in [-0.1, -0.05) is 30.4 Å². The van der Waals surface area contributed by atoms with Crippen molar-refractivity contribution in [3.8, 4) is 5.75 Å². The molecule has 1 aromatic heterocycles. The van der Waals surface area contributed by atoms with Gasteiger partial charge >= 0.3 is 5.97 Å². The van der Waals surface area contributed by atoms with E-state index in [2.05, 4.69) is 4.98 Å². The van der Waals surface area contributed by atoms with Crippen molar-refractivity contribution >= 4 is 33.8 Å². The highest BCUT2D eigenvalue weighted by Gasteiger charge is 2.30. The SMILES string of the molecule is COc1ccc(S(=O)(=O)N(CC(=O)OC(C)(C)C)c2ccccc2/C=C/c2ccncc2)cc1. The largest absolute Gasteiger partial charge is 0.497 e. The summed E-state index contributed by atoms with van der Waals surface area (Å²) in [6.45, 7) is 4.72. The van der Waals surface area contributed by atoms with Crippen LogP contribution in [0.3, 0.4) is 0 Å². The van der Waals surface area contributed by atoms with Crippen molar-refractivity contribution in [2.45, 2.75) is 31.3 Å². The van der Waals surface area contributed by atoms with Crippen LogP contribution in [-0.4, -0.2) is 38.6 Å². The second-order valence-electron chi connectivity index (χ2n) is 8.45. The van der Waals surface area contributed by atoms with Crippen molar-refractivity contribution in [1.82, 2.24) is 4.98 Å². The first kappa shape index (κ1) is 25.0. The highest BCUT2D eigenvalue weighted by molar-refractivity contribution is 7.92. The van der Waals surface area contributed by atoms with E-state index in [-0.39, 0.29) is 4.90 Å². The maximum absolute atomic E-state index is 13.7. The molecule has 0 saturated heterocycles. The van der Waals surface area contributed by atoms with E-state index in [4.69, 9.17) is 9.47 Å². The van der Waals surface area contributed by atoms with Gasteiger partial charge in [0.2, 0.25) is 0 Å². The number of benzene rings is 2. The number of esters is 1. The van der Waals surface area contributed by atoms with E-state index in [0.717, 1.165) is 9.87 Å². The molecule has 7 nitrogen and oxygen atoms in total. The molecule has 0 N–H and O–H groups in total. The van der Waals surface area contributed by atoms with Gasteiger partial charge in [-0.15, -0.1) is 0 Å². The zero-order chi connectivity index (χ0) is 24.8. The van der Waals surface area contributed by atoms with E-state index in [0.29, 0.717) is 17.0 Å². The average Bonchev–Trinajstić information content (AvgIpc) is 2.81. The molecule has 2 aromatic carbocycles. The molecule has 0 aliphatic rings. The van der Waals surface area contributed by atoms with E-state index in [9.17, 15) is 13.2 Å². The minimum absolute atomic E-state index is 0.0322. The van der Waals surface area contributed by atoms with Crippen LogP contribution in [0.15, 0.2) is 78.0 Å². The van der Waals surface area contributed by atoms with Crippen LogP contribution in [0.25, 0.3) is 12.2 Å². The van der Waals surface area contributed by atoms with Crippen LogP contribution < -0.4 is 9.04 Å². The number of methoxy groups -OCH3 is 1. The van der Waals surface area contributed by atoms with Crippen LogP contribution in [-0.2, 0) is 19.6 Å². The lowest BCUT2D eigenvalue weighted by atomic mass is 10.1. The van der Waals surface area contributed by atoms with E-state index in [1.54, 1.807) is 75.6 Å². The van der Waals surface area contributed by atoms with Crippen molar-refractivity contribution in [2.24, 2.45) is 0 Å². The zero-order valence-corrected chi connectivity index (χ0v) is 20.5. The quantitative estimate of drug-likeness (QED) is 0.431. The molecule has 3 rings (SSSR count). The maximum Gasteiger partial charge on any atom is 0.327 e. The van der Waals surface area contributed by atoms with Crippen molar-refractivity contribution < 1.29 is 22.7 Å². The summed E-state index contributed by atoms with van der Waals surface area (Å²) >= 11 is 0. The molecule has 0 fully saturated rings. The van der Waals surface area contributed by atoms with Crippen LogP contribution in [0.2, 0.25) is 0 Å². The summed E-state index contributed by atoms with van der Waals surface area (Å²) in [5, 5.41) is 0. The number of rotatable bonds is 8. The summed E-state index contributed by atoms with van der Waals surface area (Å²) in [6.07, 6.45) is 7.01. The molecule has 178 valence electrons. The van der Waals surface area contributed by atoms with E-state index in [1.165, 1.54) is 19.2 Å². The molecule has 1 heterocycles. The Hall–Kier alpha value is -3.65. The lowest BCUT2D eigenvalue weighted by Gasteiger charge is -2.27. The molecule has 0 radical (unpaired) electrons. The number of ether oxygens (including phenoxy) is 2. The highest BCUT2D eigenvalue weighted by atomic mass is 32.2. The minimum atomic E-state index is -4.10. The molecule has 0 aliphatic heterocycles. The van der Waals surface area contributed by atoms with E-state index >= 15 is 0 Å². The highest BCUT2D eigenvalue weighted by Crippen LogP contribution is 2.29. The van der Waals surface area contributed by atoms with Crippen molar-refractivity contribution in [3.63, 3.8) is 0 Å². The molecule has 0 saturated carbocycles. The Morgan fingerprint density at radius 1 is 0.971 bits per heavy atom. The predicted octanol–water partition coefficient (Wildman–Crippen LogP) is 4.80. The van der Waals surface area contributed by atoms with Crippen molar-refractivity contribution in [1.29, 1.82) is 0 Å². The van der Waals surface area contributed by atoms with E-state index in [1.807, 2.05) is 18.2 Å². The zero-order valence-electron chi connectivity index (χ0n) is 19.6. The van der Waals surface area contributed by atoms with Gasteiger partial charge in [-0.25, -0.2) is 8.42 Å². The van der Waals surface area contributed by atoms with Crippen LogP contribution >= 0.6 is 0 Å². The Bertz CT molecular complexity index is 1250. The average molecular weight is 481 g/mol. The Morgan fingerprint density at radius 3 is 2.24 bits per heavy atom. The molecule has 0 aliphatic carbocycles. The molecule has 0 amide bonds. The second kappa shape index (κ2) is 10.5. The fourth-order valence-corrected chi connectivity index (χ4v) is 4.62. The van der Waals surface area contributed by atoms with Gasteiger partial charge in [-0.3, -0.25) is 14.1 Å². The number of nitrogens with zero attached hydrogens (tertiary/aromatic N) is 2. The predicted molar refractivity (Wildman–Crippen MR) is 133 cm³/mol. The summed E-state index contributed by atoms with van der Waals surface area (Å²) in [5.74, 6) is -0.129. The van der Waals surface area contributed by atoms with Gasteiger partial charge in [0, 0.05) is 12.4 Å².